The van der Waals surface area contributed by atoms with E-state index in [1.54, 1.807) is 21.3 Å². The minimum atomic E-state index is 0.654. The van der Waals surface area contributed by atoms with Crippen molar-refractivity contribution in [1.29, 1.82) is 0 Å². The van der Waals surface area contributed by atoms with E-state index in [9.17, 15) is 0 Å². The van der Waals surface area contributed by atoms with Gasteiger partial charge in [0.05, 0.1) is 20.3 Å². The Hall–Kier alpha value is -1.79. The summed E-state index contributed by atoms with van der Waals surface area (Å²) < 4.78 is 15.7. The minimum absolute atomic E-state index is 0.654. The van der Waals surface area contributed by atoms with Crippen LogP contribution in [0.1, 0.15) is 24.0 Å². The fourth-order valence-corrected chi connectivity index (χ4v) is 2.35. The highest BCUT2D eigenvalue weighted by molar-refractivity contribution is 5.79. The third kappa shape index (κ3) is 9.31. The normalized spacial score (nSPS) is 11.4. The maximum atomic E-state index is 5.44. The molecular weight excluding hydrogens is 318 g/mol. The first-order valence-electron chi connectivity index (χ1n) is 8.86. The number of aryl methyl sites for hydroxylation is 1. The smallest absolute Gasteiger partial charge is 0.190 e. The third-order valence-corrected chi connectivity index (χ3v) is 3.84. The van der Waals surface area contributed by atoms with Gasteiger partial charge in [0.25, 0.3) is 0 Å². The Bertz CT molecular complexity index is 507. The van der Waals surface area contributed by atoms with Crippen LogP contribution in [-0.4, -0.2) is 60.1 Å². The van der Waals surface area contributed by atoms with Crippen molar-refractivity contribution >= 4 is 5.96 Å². The molecule has 0 bridgehead atoms. The molecule has 0 radical (unpaired) electrons. The van der Waals surface area contributed by atoms with Gasteiger partial charge in [-0.3, -0.25) is 4.99 Å². The monoisotopic (exact) mass is 351 g/mol. The van der Waals surface area contributed by atoms with Crippen molar-refractivity contribution in [3.63, 3.8) is 0 Å². The van der Waals surface area contributed by atoms with Gasteiger partial charge in [-0.25, -0.2) is 0 Å². The van der Waals surface area contributed by atoms with Crippen LogP contribution in [0.15, 0.2) is 23.2 Å². The molecule has 0 aromatic heterocycles. The topological polar surface area (TPSA) is 64.1 Å². The molecular formula is C19H33N3O3. The molecule has 0 unspecified atom stereocenters. The van der Waals surface area contributed by atoms with Gasteiger partial charge in [0, 0.05) is 33.9 Å². The van der Waals surface area contributed by atoms with E-state index < -0.39 is 0 Å². The van der Waals surface area contributed by atoms with Crippen molar-refractivity contribution < 1.29 is 14.2 Å². The van der Waals surface area contributed by atoms with Crippen LogP contribution < -0.4 is 15.4 Å². The summed E-state index contributed by atoms with van der Waals surface area (Å²) in [5, 5.41) is 6.66. The van der Waals surface area contributed by atoms with Gasteiger partial charge >= 0.3 is 0 Å². The second-order valence-corrected chi connectivity index (χ2v) is 5.79. The van der Waals surface area contributed by atoms with E-state index in [1.165, 1.54) is 5.56 Å². The second-order valence-electron chi connectivity index (χ2n) is 5.79. The Balaban J connectivity index is 2.16. The summed E-state index contributed by atoms with van der Waals surface area (Å²) in [6, 6.07) is 6.33. The Morgan fingerprint density at radius 3 is 2.56 bits per heavy atom. The van der Waals surface area contributed by atoms with Gasteiger partial charge in [0.15, 0.2) is 5.96 Å². The first-order valence-corrected chi connectivity index (χ1v) is 8.86. The van der Waals surface area contributed by atoms with Crippen molar-refractivity contribution in [2.24, 2.45) is 4.99 Å². The first-order chi connectivity index (χ1) is 12.2. The number of nitrogens with zero attached hydrogens (tertiary/aromatic N) is 1. The van der Waals surface area contributed by atoms with Gasteiger partial charge < -0.3 is 24.8 Å². The van der Waals surface area contributed by atoms with Crippen molar-refractivity contribution in [3.05, 3.63) is 29.3 Å². The van der Waals surface area contributed by atoms with Gasteiger partial charge in [-0.15, -0.1) is 0 Å². The van der Waals surface area contributed by atoms with Crippen LogP contribution in [0.5, 0.6) is 5.75 Å². The summed E-state index contributed by atoms with van der Waals surface area (Å²) in [4.78, 5) is 4.25. The number of guanidine groups is 1. The van der Waals surface area contributed by atoms with E-state index in [1.807, 2.05) is 0 Å². The lowest BCUT2D eigenvalue weighted by molar-refractivity contribution is 0.0689. The summed E-state index contributed by atoms with van der Waals surface area (Å²) >= 11 is 0. The largest absolute Gasteiger partial charge is 0.496 e. The number of benzene rings is 1. The molecule has 6 heteroatoms. The molecule has 0 spiro atoms. The lowest BCUT2D eigenvalue weighted by atomic mass is 10.1. The number of methoxy groups -OCH3 is 2. The molecule has 0 aliphatic heterocycles. The molecule has 1 aromatic rings. The van der Waals surface area contributed by atoms with Crippen LogP contribution in [0, 0.1) is 6.92 Å². The predicted octanol–water partition coefficient (Wildman–Crippen LogP) is 2.15. The van der Waals surface area contributed by atoms with Crippen LogP contribution in [0.3, 0.4) is 0 Å². The summed E-state index contributed by atoms with van der Waals surface area (Å²) in [6.07, 6.45) is 2.99. The SMILES string of the molecule is CN=C(NCCCCOCCOC)NCCc1ccc(C)c(OC)c1. The molecule has 0 heterocycles. The Morgan fingerprint density at radius 2 is 1.84 bits per heavy atom. The summed E-state index contributed by atoms with van der Waals surface area (Å²) in [5.74, 6) is 1.77. The second kappa shape index (κ2) is 13.5. The number of unbranched alkanes of at least 4 members (excludes halogenated alkanes) is 1. The minimum Gasteiger partial charge on any atom is -0.496 e. The van der Waals surface area contributed by atoms with Gasteiger partial charge in [-0.1, -0.05) is 12.1 Å². The molecule has 1 rings (SSSR count). The highest BCUT2D eigenvalue weighted by atomic mass is 16.5. The lowest BCUT2D eigenvalue weighted by Crippen LogP contribution is -2.38. The van der Waals surface area contributed by atoms with Crippen molar-refractivity contribution in [1.82, 2.24) is 10.6 Å². The summed E-state index contributed by atoms with van der Waals surface area (Å²) in [6.45, 7) is 5.85. The van der Waals surface area contributed by atoms with E-state index in [2.05, 4.69) is 40.7 Å². The maximum absolute atomic E-state index is 5.44. The fourth-order valence-electron chi connectivity index (χ4n) is 2.35. The molecule has 0 amide bonds. The zero-order valence-corrected chi connectivity index (χ0v) is 16.1. The van der Waals surface area contributed by atoms with Crippen molar-refractivity contribution in [2.75, 3.05) is 54.2 Å². The highest BCUT2D eigenvalue weighted by Gasteiger charge is 2.02. The van der Waals surface area contributed by atoms with E-state index in [4.69, 9.17) is 14.2 Å². The summed E-state index contributed by atoms with van der Waals surface area (Å²) in [5.41, 5.74) is 2.40. The summed E-state index contributed by atoms with van der Waals surface area (Å²) in [7, 11) is 5.18. The number of nitrogens with one attached hydrogen (secondary N) is 2. The van der Waals surface area contributed by atoms with E-state index in [-0.39, 0.29) is 0 Å². The maximum Gasteiger partial charge on any atom is 0.190 e. The van der Waals surface area contributed by atoms with Crippen LogP contribution in [0.25, 0.3) is 0 Å². The number of hydrogen-bond donors (Lipinski definition) is 2. The van der Waals surface area contributed by atoms with Gasteiger partial charge in [-0.05, 0) is 43.4 Å². The molecule has 0 saturated heterocycles. The average Bonchev–Trinajstić information content (AvgIpc) is 2.63. The number of hydrogen-bond acceptors (Lipinski definition) is 4. The van der Waals surface area contributed by atoms with Crippen LogP contribution in [-0.2, 0) is 15.9 Å². The van der Waals surface area contributed by atoms with Crippen molar-refractivity contribution in [3.8, 4) is 5.75 Å². The van der Waals surface area contributed by atoms with Crippen LogP contribution >= 0.6 is 0 Å². The third-order valence-electron chi connectivity index (χ3n) is 3.84. The molecule has 0 fully saturated rings. The zero-order valence-electron chi connectivity index (χ0n) is 16.1. The number of rotatable bonds is 12. The van der Waals surface area contributed by atoms with Gasteiger partial charge in [0.2, 0.25) is 0 Å². The van der Waals surface area contributed by atoms with E-state index >= 15 is 0 Å². The van der Waals surface area contributed by atoms with Crippen LogP contribution in [0.4, 0.5) is 0 Å². The molecule has 0 aliphatic rings. The lowest BCUT2D eigenvalue weighted by Gasteiger charge is -2.12. The highest BCUT2D eigenvalue weighted by Crippen LogP contribution is 2.18. The molecule has 25 heavy (non-hydrogen) atoms. The Morgan fingerprint density at radius 1 is 1.04 bits per heavy atom. The molecule has 2 N–H and O–H groups in total. The van der Waals surface area contributed by atoms with E-state index in [0.29, 0.717) is 13.2 Å². The van der Waals surface area contributed by atoms with Crippen molar-refractivity contribution in [2.45, 2.75) is 26.2 Å². The molecule has 1 aromatic carbocycles. The Labute approximate surface area is 152 Å². The predicted molar refractivity (Wildman–Crippen MR) is 103 cm³/mol. The van der Waals surface area contributed by atoms with Gasteiger partial charge in [-0.2, -0.15) is 0 Å². The first kappa shape index (κ1) is 21.3. The standard InChI is InChI=1S/C19H33N3O3/c1-16-7-8-17(15-18(16)24-4)9-11-22-19(20-2)21-10-5-6-12-25-14-13-23-3/h7-8,15H,5-6,9-14H2,1-4H3,(H2,20,21,22). The van der Waals surface area contributed by atoms with E-state index in [0.717, 1.165) is 56.2 Å². The van der Waals surface area contributed by atoms with Gasteiger partial charge in [0.1, 0.15) is 5.75 Å². The number of ether oxygens (including phenoxy) is 3. The molecule has 0 atom stereocenters. The molecule has 6 nitrogen and oxygen atoms in total. The molecule has 142 valence electrons. The Kier molecular flexibility index (Phi) is 11.5. The number of aliphatic imine (C=N–C) groups is 1. The quantitative estimate of drug-likeness (QED) is 0.343. The molecule has 0 aliphatic carbocycles. The van der Waals surface area contributed by atoms with Crippen LogP contribution in [0.2, 0.25) is 0 Å². The average molecular weight is 351 g/mol. The zero-order chi connectivity index (χ0) is 18.3. The molecule has 0 saturated carbocycles. The fraction of sp³-hybridized carbons (Fsp3) is 0.632.